The fourth-order valence-electron chi connectivity index (χ4n) is 3.16. The summed E-state index contributed by atoms with van der Waals surface area (Å²) in [5.41, 5.74) is 3.77. The van der Waals surface area contributed by atoms with Crippen LogP contribution in [0.5, 0.6) is 5.75 Å². The molecule has 0 saturated heterocycles. The van der Waals surface area contributed by atoms with Crippen molar-refractivity contribution in [2.45, 2.75) is 27.3 Å². The van der Waals surface area contributed by atoms with Gasteiger partial charge >= 0.3 is 0 Å². The third-order valence-corrected chi connectivity index (χ3v) is 5.93. The Morgan fingerprint density at radius 3 is 2.52 bits per heavy atom. The monoisotopic (exact) mass is 406 g/mol. The van der Waals surface area contributed by atoms with Crippen LogP contribution >= 0.6 is 11.3 Å². The Morgan fingerprint density at radius 1 is 1.10 bits per heavy atom. The van der Waals surface area contributed by atoms with Crippen LogP contribution in [0.2, 0.25) is 0 Å². The molecule has 2 heterocycles. The first-order valence-electron chi connectivity index (χ1n) is 9.50. The largest absolute Gasteiger partial charge is 0.494 e. The van der Waals surface area contributed by atoms with E-state index in [9.17, 15) is 4.79 Å². The molecular weight excluding hydrogens is 384 g/mol. The van der Waals surface area contributed by atoms with Crippen molar-refractivity contribution < 1.29 is 13.9 Å². The minimum absolute atomic E-state index is 0.126. The van der Waals surface area contributed by atoms with Gasteiger partial charge in [0.05, 0.1) is 29.6 Å². The summed E-state index contributed by atoms with van der Waals surface area (Å²) in [7, 11) is 0. The van der Waals surface area contributed by atoms with E-state index in [1.54, 1.807) is 23.3 Å². The maximum atomic E-state index is 13.4. The summed E-state index contributed by atoms with van der Waals surface area (Å²) < 4.78 is 12.1. The fraction of sp³-hybridized carbons (Fsp3) is 0.217. The molecule has 0 N–H and O–H groups in total. The average Bonchev–Trinajstić information content (AvgIpc) is 3.40. The number of ether oxygens (including phenoxy) is 1. The third kappa shape index (κ3) is 3.89. The Balaban J connectivity index is 1.74. The Bertz CT molecular complexity index is 1090. The van der Waals surface area contributed by atoms with Gasteiger partial charge in [-0.05, 0) is 68.3 Å². The molecule has 0 spiro atoms. The Labute approximate surface area is 173 Å². The van der Waals surface area contributed by atoms with Gasteiger partial charge in [0.2, 0.25) is 0 Å². The number of thiazole rings is 1. The van der Waals surface area contributed by atoms with Crippen LogP contribution in [0, 0.1) is 13.8 Å². The number of furan rings is 1. The Hall–Kier alpha value is -3.12. The van der Waals surface area contributed by atoms with Crippen molar-refractivity contribution in [3.05, 3.63) is 77.2 Å². The minimum Gasteiger partial charge on any atom is -0.494 e. The van der Waals surface area contributed by atoms with Crippen LogP contribution in [-0.4, -0.2) is 17.5 Å². The number of rotatable bonds is 6. The molecule has 0 aliphatic carbocycles. The topological polar surface area (TPSA) is 55.6 Å². The van der Waals surface area contributed by atoms with Crippen LogP contribution in [0.3, 0.4) is 0 Å². The lowest BCUT2D eigenvalue weighted by Gasteiger charge is -2.19. The van der Waals surface area contributed by atoms with Crippen LogP contribution in [0.15, 0.2) is 59.2 Å². The number of carbonyl (C=O) groups is 1. The van der Waals surface area contributed by atoms with Gasteiger partial charge in [-0.3, -0.25) is 9.69 Å². The number of amides is 1. The number of anilines is 1. The zero-order chi connectivity index (χ0) is 20.4. The molecule has 0 saturated carbocycles. The van der Waals surface area contributed by atoms with Crippen molar-refractivity contribution >= 4 is 32.6 Å². The molecule has 0 aliphatic heterocycles. The van der Waals surface area contributed by atoms with Gasteiger partial charge in [0.15, 0.2) is 5.13 Å². The van der Waals surface area contributed by atoms with Crippen molar-refractivity contribution in [1.29, 1.82) is 0 Å². The fourth-order valence-corrected chi connectivity index (χ4v) is 4.27. The highest BCUT2D eigenvalue weighted by Crippen LogP contribution is 2.34. The maximum Gasteiger partial charge on any atom is 0.260 e. The predicted octanol–water partition coefficient (Wildman–Crippen LogP) is 5.75. The summed E-state index contributed by atoms with van der Waals surface area (Å²) in [6.07, 6.45) is 1.61. The third-order valence-electron chi connectivity index (χ3n) is 4.71. The summed E-state index contributed by atoms with van der Waals surface area (Å²) in [5, 5.41) is 0.660. The summed E-state index contributed by atoms with van der Waals surface area (Å²) in [6.45, 7) is 6.94. The maximum absolute atomic E-state index is 13.4. The number of nitrogens with zero attached hydrogens (tertiary/aromatic N) is 2. The summed E-state index contributed by atoms with van der Waals surface area (Å²) >= 11 is 1.53. The number of fused-ring (bicyclic) bond motifs is 1. The van der Waals surface area contributed by atoms with Crippen molar-refractivity contribution in [1.82, 2.24) is 4.98 Å². The second-order valence-corrected chi connectivity index (χ2v) is 7.78. The quantitative estimate of drug-likeness (QED) is 0.409. The van der Waals surface area contributed by atoms with E-state index in [0.29, 0.717) is 29.6 Å². The van der Waals surface area contributed by atoms with Crippen LogP contribution in [0.4, 0.5) is 5.13 Å². The van der Waals surface area contributed by atoms with Gasteiger partial charge in [0.1, 0.15) is 11.5 Å². The Morgan fingerprint density at radius 2 is 1.86 bits per heavy atom. The molecule has 0 bridgehead atoms. The van der Waals surface area contributed by atoms with Crippen LogP contribution in [0.25, 0.3) is 10.2 Å². The number of hydrogen-bond donors (Lipinski definition) is 0. The van der Waals surface area contributed by atoms with Gasteiger partial charge in [-0.1, -0.05) is 23.5 Å². The Kier molecular flexibility index (Phi) is 5.36. The lowest BCUT2D eigenvalue weighted by atomic mass is 10.1. The van der Waals surface area contributed by atoms with Gasteiger partial charge in [-0.15, -0.1) is 0 Å². The molecule has 6 heteroatoms. The number of aryl methyl sites for hydroxylation is 2. The van der Waals surface area contributed by atoms with Crippen molar-refractivity contribution in [2.24, 2.45) is 0 Å². The number of aromatic nitrogens is 1. The average molecular weight is 407 g/mol. The molecule has 148 valence electrons. The minimum atomic E-state index is -0.126. The van der Waals surface area contributed by atoms with Crippen molar-refractivity contribution in [2.75, 3.05) is 11.5 Å². The van der Waals surface area contributed by atoms with E-state index < -0.39 is 0 Å². The predicted molar refractivity (Wildman–Crippen MR) is 116 cm³/mol. The lowest BCUT2D eigenvalue weighted by molar-refractivity contribution is 0.0983. The normalized spacial score (nSPS) is 11.0. The number of benzene rings is 2. The molecule has 0 aliphatic rings. The molecule has 0 atom stereocenters. The highest BCUT2D eigenvalue weighted by Gasteiger charge is 2.23. The molecule has 29 heavy (non-hydrogen) atoms. The van der Waals surface area contributed by atoms with E-state index in [-0.39, 0.29) is 5.91 Å². The molecule has 2 aromatic carbocycles. The van der Waals surface area contributed by atoms with Gasteiger partial charge in [-0.2, -0.15) is 0 Å². The second kappa shape index (κ2) is 8.09. The molecule has 1 amide bonds. The first-order valence-corrected chi connectivity index (χ1v) is 10.3. The molecule has 0 unspecified atom stereocenters. The van der Waals surface area contributed by atoms with Gasteiger partial charge in [0, 0.05) is 5.56 Å². The number of carbonyl (C=O) groups excluding carboxylic acids is 1. The molecule has 4 aromatic rings. The van der Waals surface area contributed by atoms with Crippen LogP contribution in [0.1, 0.15) is 34.2 Å². The molecule has 0 radical (unpaired) electrons. The first-order chi connectivity index (χ1) is 14.1. The molecule has 2 aromatic heterocycles. The lowest BCUT2D eigenvalue weighted by Crippen LogP contribution is -2.30. The molecule has 5 nitrogen and oxygen atoms in total. The smallest absolute Gasteiger partial charge is 0.260 e. The van der Waals surface area contributed by atoms with Crippen LogP contribution < -0.4 is 9.64 Å². The summed E-state index contributed by atoms with van der Waals surface area (Å²) in [4.78, 5) is 19.9. The van der Waals surface area contributed by atoms with Crippen LogP contribution in [-0.2, 0) is 6.54 Å². The van der Waals surface area contributed by atoms with E-state index >= 15 is 0 Å². The van der Waals surface area contributed by atoms with E-state index in [0.717, 1.165) is 27.1 Å². The van der Waals surface area contributed by atoms with Crippen molar-refractivity contribution in [3.63, 3.8) is 0 Å². The van der Waals surface area contributed by atoms with E-state index in [4.69, 9.17) is 14.1 Å². The molecule has 4 rings (SSSR count). The van der Waals surface area contributed by atoms with Gasteiger partial charge in [0.25, 0.3) is 5.91 Å². The van der Waals surface area contributed by atoms with Gasteiger partial charge < -0.3 is 9.15 Å². The van der Waals surface area contributed by atoms with Crippen molar-refractivity contribution in [3.8, 4) is 5.75 Å². The number of hydrogen-bond acceptors (Lipinski definition) is 5. The molecule has 0 fully saturated rings. The highest BCUT2D eigenvalue weighted by molar-refractivity contribution is 7.22. The van der Waals surface area contributed by atoms with E-state index in [1.807, 2.05) is 38.1 Å². The van der Waals surface area contributed by atoms with E-state index in [1.165, 1.54) is 11.3 Å². The van der Waals surface area contributed by atoms with Gasteiger partial charge in [-0.25, -0.2) is 4.98 Å². The standard InChI is InChI=1S/C23H22N2O3S/c1-4-27-18-11-9-17(10-12-18)22(26)25(14-19-6-5-13-28-19)23-24-20-15(2)7-8-16(3)21(20)29-23/h5-13H,4,14H2,1-3H3. The highest BCUT2D eigenvalue weighted by atomic mass is 32.1. The van der Waals surface area contributed by atoms with E-state index in [2.05, 4.69) is 19.1 Å². The summed E-state index contributed by atoms with van der Waals surface area (Å²) in [6, 6.07) is 15.0. The zero-order valence-electron chi connectivity index (χ0n) is 16.6. The SMILES string of the molecule is CCOc1ccc(C(=O)N(Cc2ccco2)c2nc3c(C)ccc(C)c3s2)cc1. The zero-order valence-corrected chi connectivity index (χ0v) is 17.5. The first kappa shape index (κ1) is 19.2. The molecular formula is C23H22N2O3S. The second-order valence-electron chi connectivity index (χ2n) is 6.80. The summed E-state index contributed by atoms with van der Waals surface area (Å²) in [5.74, 6) is 1.32.